The molecule has 5 aromatic heterocycles. The molecule has 0 atom stereocenters. The summed E-state index contributed by atoms with van der Waals surface area (Å²) in [6.07, 6.45) is 1.63. The van der Waals surface area contributed by atoms with Crippen molar-refractivity contribution in [3.63, 3.8) is 0 Å². The summed E-state index contributed by atoms with van der Waals surface area (Å²) < 4.78 is 7.12. The average Bonchev–Trinajstić information content (AvgIpc) is 1.61. The molecule has 0 unspecified atom stereocenters. The van der Waals surface area contributed by atoms with E-state index in [9.17, 15) is 5.11 Å². The van der Waals surface area contributed by atoms with Crippen LogP contribution in [-0.2, 0) is 0 Å². The average molecular weight is 1230 g/mol. The summed E-state index contributed by atoms with van der Waals surface area (Å²) >= 11 is 0. The molecule has 0 radical (unpaired) electrons. The summed E-state index contributed by atoms with van der Waals surface area (Å²) in [5, 5.41) is 25.7. The third-order valence-corrected chi connectivity index (χ3v) is 19.1. The van der Waals surface area contributed by atoms with E-state index in [2.05, 4.69) is 334 Å². The van der Waals surface area contributed by atoms with Crippen LogP contribution in [0.4, 0.5) is 0 Å². The van der Waals surface area contributed by atoms with Gasteiger partial charge in [0.05, 0.1) is 44.1 Å². The van der Waals surface area contributed by atoms with E-state index in [0.717, 1.165) is 22.1 Å². The maximum absolute atomic E-state index is 11.1. The zero-order valence-corrected chi connectivity index (χ0v) is 53.1. The van der Waals surface area contributed by atoms with E-state index in [1.54, 1.807) is 12.3 Å². The zero-order chi connectivity index (χ0) is 63.6. The maximum atomic E-state index is 11.1. The first-order valence-electron chi connectivity index (χ1n) is 32.6. The Balaban J connectivity index is 0.000000125. The normalized spacial score (nSPS) is 11.5. The van der Waals surface area contributed by atoms with Crippen LogP contribution >= 0.6 is 0 Å². The fourth-order valence-corrected chi connectivity index (χ4v) is 14.7. The third-order valence-electron chi connectivity index (χ3n) is 19.1. The van der Waals surface area contributed by atoms with Gasteiger partial charge < -0.3 is 14.2 Å². The monoisotopic (exact) mass is 1230 g/mol. The molecule has 0 saturated carbocycles. The number of imidazole rings is 1. The number of benzene rings is 15. The number of nitrogens with zero attached hydrogens (tertiary/aromatic N) is 5. The molecule has 7 heteroatoms. The van der Waals surface area contributed by atoms with E-state index in [4.69, 9.17) is 4.98 Å². The second-order valence-electron chi connectivity index (χ2n) is 24.5. The Morgan fingerprint density at radius 2 is 0.732 bits per heavy atom. The standard InChI is InChI=1S/C42H28N2.C39H24N2.C9H7NO.Li/c1-3-11-29(12-4-1)30-19-23-34(24-20-30)44-40-18-10-8-16-36(40)38-28-32(22-26-42(38)44)31-21-25-41-37(27-31)35-15-7-9-17-39(35)43(41)33-13-5-2-6-14-33;1-2-10-25(11-3-1)28-22-23-29(32-15-7-6-14-31(28)32)27-19-20-33-34-21-18-26-12-4-5-13-30(26)38(34)39-40-35-16-8-9-17-36(35)41(39)37(33)24-27;11-8-5-1-3-7-4-2-6-10-9(7)8;/h1-28H;1-24H;1-6,11H;/q;;;+1/p-1. The van der Waals surface area contributed by atoms with Gasteiger partial charge in [0.25, 0.3) is 0 Å². The smallest absolute Gasteiger partial charge is 0.871 e. The Labute approximate surface area is 571 Å². The summed E-state index contributed by atoms with van der Waals surface area (Å²) in [5.41, 5.74) is 21.9. The molecule has 97 heavy (non-hydrogen) atoms. The van der Waals surface area contributed by atoms with Crippen molar-refractivity contribution in [2.75, 3.05) is 0 Å². The number of pyridine rings is 2. The minimum absolute atomic E-state index is 0. The molecular weight excluding hydrogens is 1170 g/mol. The molecule has 0 spiro atoms. The third kappa shape index (κ3) is 10.1. The summed E-state index contributed by atoms with van der Waals surface area (Å²) in [5.74, 6) is -0.0110. The molecule has 0 aliphatic heterocycles. The van der Waals surface area contributed by atoms with Crippen molar-refractivity contribution in [3.8, 4) is 61.6 Å². The van der Waals surface area contributed by atoms with Gasteiger partial charge in [-0.25, -0.2) is 4.98 Å². The SMILES string of the molecule is [Li+].[O-]c1cccc2cccnc12.c1ccc(-c2ccc(-c3ccc4c5ccc6ccccc6c5c5nc6ccccc6n5c4c3)c3ccccc23)cc1.c1ccc(-c2ccc(-n3c4ccccc4c4cc(-c5ccc6c(c5)c5ccccc5n6-c5ccccc5)ccc43)cc2)cc1. The Kier molecular flexibility index (Phi) is 14.8. The molecule has 20 rings (SSSR count). The summed E-state index contributed by atoms with van der Waals surface area (Å²) in [7, 11) is 0. The molecule has 0 N–H and O–H groups in total. The van der Waals surface area contributed by atoms with Crippen LogP contribution in [0.1, 0.15) is 0 Å². The molecule has 0 aliphatic carbocycles. The van der Waals surface area contributed by atoms with Crippen LogP contribution in [0.25, 0.3) is 170 Å². The Morgan fingerprint density at radius 3 is 1.38 bits per heavy atom. The minimum Gasteiger partial charge on any atom is -0.871 e. The van der Waals surface area contributed by atoms with Crippen LogP contribution in [0, 0.1) is 0 Å². The van der Waals surface area contributed by atoms with Crippen LogP contribution in [-0.4, -0.2) is 23.5 Å². The van der Waals surface area contributed by atoms with Gasteiger partial charge in [-0.2, -0.15) is 0 Å². The summed E-state index contributed by atoms with van der Waals surface area (Å²) in [6.45, 7) is 0. The van der Waals surface area contributed by atoms with Gasteiger partial charge in [-0.3, -0.25) is 9.38 Å². The van der Waals surface area contributed by atoms with Gasteiger partial charge in [0.2, 0.25) is 0 Å². The zero-order valence-electron chi connectivity index (χ0n) is 53.1. The van der Waals surface area contributed by atoms with Crippen molar-refractivity contribution in [3.05, 3.63) is 352 Å². The van der Waals surface area contributed by atoms with Crippen molar-refractivity contribution in [2.45, 2.75) is 0 Å². The first-order valence-corrected chi connectivity index (χ1v) is 32.6. The predicted octanol–water partition coefficient (Wildman–Crippen LogP) is 20.0. The van der Waals surface area contributed by atoms with Gasteiger partial charge in [-0.1, -0.05) is 267 Å². The molecule has 20 aromatic rings. The first kappa shape index (κ1) is 58.5. The number of hydrogen-bond acceptors (Lipinski definition) is 3. The fourth-order valence-electron chi connectivity index (χ4n) is 14.7. The second-order valence-corrected chi connectivity index (χ2v) is 24.5. The molecule has 0 fully saturated rings. The van der Waals surface area contributed by atoms with Gasteiger partial charge >= 0.3 is 18.9 Å². The summed E-state index contributed by atoms with van der Waals surface area (Å²) in [6, 6.07) is 123. The molecular formula is C90H58LiN5O. The first-order chi connectivity index (χ1) is 47.6. The predicted molar refractivity (Wildman–Crippen MR) is 401 cm³/mol. The van der Waals surface area contributed by atoms with Crippen molar-refractivity contribution < 1.29 is 24.0 Å². The fraction of sp³-hybridized carbons (Fsp3) is 0. The van der Waals surface area contributed by atoms with E-state index in [0.29, 0.717) is 5.52 Å². The van der Waals surface area contributed by atoms with Crippen molar-refractivity contribution in [2.24, 2.45) is 0 Å². The van der Waals surface area contributed by atoms with Crippen molar-refractivity contribution >= 4 is 114 Å². The Hall–Kier alpha value is -12.3. The van der Waals surface area contributed by atoms with Crippen LogP contribution in [0.2, 0.25) is 0 Å². The van der Waals surface area contributed by atoms with Crippen molar-refractivity contribution in [1.82, 2.24) is 23.5 Å². The van der Waals surface area contributed by atoms with Crippen LogP contribution in [0.3, 0.4) is 0 Å². The molecule has 15 aromatic carbocycles. The van der Waals surface area contributed by atoms with Gasteiger partial charge in [0, 0.05) is 49.9 Å². The number of aromatic nitrogens is 5. The van der Waals surface area contributed by atoms with Crippen LogP contribution < -0.4 is 24.0 Å². The summed E-state index contributed by atoms with van der Waals surface area (Å²) in [4.78, 5) is 9.17. The Morgan fingerprint density at radius 1 is 0.268 bits per heavy atom. The number of para-hydroxylation sites is 6. The number of hydrogen-bond donors (Lipinski definition) is 0. The van der Waals surface area contributed by atoms with E-state index < -0.39 is 0 Å². The molecule has 6 nitrogen and oxygen atoms in total. The van der Waals surface area contributed by atoms with Gasteiger partial charge in [-0.05, 0) is 162 Å². The number of fused-ring (bicyclic) bond motifs is 18. The maximum Gasteiger partial charge on any atom is 1.00 e. The molecule has 0 saturated heterocycles. The van der Waals surface area contributed by atoms with Gasteiger partial charge in [0.15, 0.2) is 0 Å². The number of rotatable bonds is 6. The molecule has 0 aliphatic rings. The van der Waals surface area contributed by atoms with Crippen LogP contribution in [0.5, 0.6) is 5.75 Å². The Bertz CT molecular complexity index is 6390. The minimum atomic E-state index is -0.0110. The van der Waals surface area contributed by atoms with E-state index in [1.807, 2.05) is 18.2 Å². The largest absolute Gasteiger partial charge is 1.00 e. The molecule has 5 heterocycles. The van der Waals surface area contributed by atoms with E-state index in [-0.39, 0.29) is 24.6 Å². The molecule has 0 amide bonds. The van der Waals surface area contributed by atoms with Gasteiger partial charge in [-0.15, -0.1) is 0 Å². The quantitative estimate of drug-likeness (QED) is 0.123. The van der Waals surface area contributed by atoms with E-state index in [1.165, 1.54) is 149 Å². The van der Waals surface area contributed by atoms with Gasteiger partial charge in [0.1, 0.15) is 5.65 Å². The van der Waals surface area contributed by atoms with Crippen molar-refractivity contribution in [1.29, 1.82) is 0 Å². The second kappa shape index (κ2) is 24.5. The topological polar surface area (TPSA) is 63.1 Å². The molecule has 450 valence electrons. The van der Waals surface area contributed by atoms with E-state index >= 15 is 0 Å². The molecule has 0 bridgehead atoms. The van der Waals surface area contributed by atoms with Crippen LogP contribution in [0.15, 0.2) is 352 Å².